The third-order valence-electron chi connectivity index (χ3n) is 5.03. The molecule has 128 valence electrons. The number of hydrogen-bond acceptors (Lipinski definition) is 4. The van der Waals surface area contributed by atoms with E-state index in [1.54, 1.807) is 12.1 Å². The average Bonchev–Trinajstić information content (AvgIpc) is 3.15. The molecule has 6 heteroatoms. The number of furan rings is 1. The van der Waals surface area contributed by atoms with Gasteiger partial charge in [0.05, 0.1) is 0 Å². The fourth-order valence-electron chi connectivity index (χ4n) is 4.02. The normalized spacial score (nSPS) is 23.3. The van der Waals surface area contributed by atoms with Crippen LogP contribution in [0.4, 0.5) is 0 Å². The monoisotopic (exact) mass is 339 g/mol. The molecule has 0 N–H and O–H groups in total. The molecule has 2 heterocycles. The minimum atomic E-state index is -3.16. The average molecular weight is 339 g/mol. The van der Waals surface area contributed by atoms with Crippen LogP contribution in [0.5, 0.6) is 0 Å². The number of carbonyl (C=O) groups is 1. The number of rotatable bonds is 4. The van der Waals surface area contributed by atoms with Crippen molar-refractivity contribution in [3.8, 4) is 0 Å². The largest absolute Gasteiger partial charge is 0.455 e. The molecule has 1 aliphatic carbocycles. The second-order valence-electron chi connectivity index (χ2n) is 6.94. The first-order chi connectivity index (χ1) is 10.9. The van der Waals surface area contributed by atoms with E-state index in [1.807, 2.05) is 4.90 Å². The number of nitrogens with zero attached hydrogens (tertiary/aromatic N) is 1. The zero-order valence-electron chi connectivity index (χ0n) is 13.7. The van der Waals surface area contributed by atoms with Crippen LogP contribution in [-0.2, 0) is 15.6 Å². The lowest BCUT2D eigenvalue weighted by Gasteiger charge is -2.33. The minimum absolute atomic E-state index is 0.0853. The summed E-state index contributed by atoms with van der Waals surface area (Å²) in [6, 6.07) is 3.53. The van der Waals surface area contributed by atoms with Crippen molar-refractivity contribution < 1.29 is 17.6 Å². The van der Waals surface area contributed by atoms with Crippen molar-refractivity contribution in [2.24, 2.45) is 5.92 Å². The second kappa shape index (κ2) is 6.67. The number of carbonyl (C=O) groups excluding carboxylic acids is 1. The Morgan fingerprint density at radius 1 is 1.17 bits per heavy atom. The fraction of sp³-hybridized carbons (Fsp3) is 0.706. The molecule has 1 unspecified atom stereocenters. The van der Waals surface area contributed by atoms with E-state index in [9.17, 15) is 13.2 Å². The van der Waals surface area contributed by atoms with E-state index in [0.29, 0.717) is 17.7 Å². The number of sulfone groups is 1. The maximum atomic E-state index is 12.8. The predicted octanol–water partition coefficient (Wildman–Crippen LogP) is 3.01. The number of hydrogen-bond donors (Lipinski definition) is 0. The molecule has 0 radical (unpaired) electrons. The molecule has 0 bridgehead atoms. The summed E-state index contributed by atoms with van der Waals surface area (Å²) in [5, 5.41) is 0. The molecule has 5 nitrogen and oxygen atoms in total. The molecule has 1 aliphatic heterocycles. The van der Waals surface area contributed by atoms with Gasteiger partial charge in [0, 0.05) is 18.8 Å². The van der Waals surface area contributed by atoms with Gasteiger partial charge in [0.25, 0.3) is 5.91 Å². The summed E-state index contributed by atoms with van der Waals surface area (Å²) in [5.41, 5.74) is 0. The van der Waals surface area contributed by atoms with Crippen molar-refractivity contribution in [3.63, 3.8) is 0 Å². The molecule has 1 aromatic rings. The standard InChI is InChI=1S/C17H25NO4S/c1-23(20,21)12-14-9-10-16(22-14)17(19)18-11-5-8-15(18)13-6-3-2-4-7-13/h9-10,13,15H,2-8,11-12H2,1H3. The summed E-state index contributed by atoms with van der Waals surface area (Å²) in [6.45, 7) is 0.780. The summed E-state index contributed by atoms with van der Waals surface area (Å²) in [6.07, 6.45) is 9.56. The van der Waals surface area contributed by atoms with Gasteiger partial charge >= 0.3 is 0 Å². The highest BCUT2D eigenvalue weighted by Gasteiger charge is 2.36. The Bertz CT molecular complexity index is 658. The minimum Gasteiger partial charge on any atom is -0.455 e. The SMILES string of the molecule is CS(=O)(=O)Cc1ccc(C(=O)N2CCCC2C2CCCCC2)o1. The van der Waals surface area contributed by atoms with Gasteiger partial charge in [0.1, 0.15) is 11.5 Å². The zero-order valence-corrected chi connectivity index (χ0v) is 14.5. The van der Waals surface area contributed by atoms with Gasteiger partial charge in [-0.3, -0.25) is 4.79 Å². The van der Waals surface area contributed by atoms with Gasteiger partial charge in [-0.05, 0) is 43.7 Å². The van der Waals surface area contributed by atoms with Crippen LogP contribution in [0.25, 0.3) is 0 Å². The highest BCUT2D eigenvalue weighted by atomic mass is 32.2. The van der Waals surface area contributed by atoms with Gasteiger partial charge < -0.3 is 9.32 Å². The number of amides is 1. The smallest absolute Gasteiger partial charge is 0.289 e. The van der Waals surface area contributed by atoms with E-state index in [-0.39, 0.29) is 17.4 Å². The topological polar surface area (TPSA) is 67.6 Å². The van der Waals surface area contributed by atoms with Gasteiger partial charge in [0.15, 0.2) is 15.6 Å². The Kier molecular flexibility index (Phi) is 4.80. The van der Waals surface area contributed by atoms with E-state index >= 15 is 0 Å². The van der Waals surface area contributed by atoms with Gasteiger partial charge in [-0.2, -0.15) is 0 Å². The van der Waals surface area contributed by atoms with Crippen molar-refractivity contribution >= 4 is 15.7 Å². The lowest BCUT2D eigenvalue weighted by molar-refractivity contribution is 0.0628. The van der Waals surface area contributed by atoms with Crippen molar-refractivity contribution in [2.45, 2.75) is 56.7 Å². The molecule has 0 spiro atoms. The van der Waals surface area contributed by atoms with Crippen molar-refractivity contribution in [1.29, 1.82) is 0 Å². The molecule has 1 aromatic heterocycles. The lowest BCUT2D eigenvalue weighted by atomic mass is 9.83. The Hall–Kier alpha value is -1.30. The molecule has 2 fully saturated rings. The van der Waals surface area contributed by atoms with Gasteiger partial charge in [-0.1, -0.05) is 19.3 Å². The Morgan fingerprint density at radius 3 is 2.61 bits per heavy atom. The highest BCUT2D eigenvalue weighted by molar-refractivity contribution is 7.89. The van der Waals surface area contributed by atoms with E-state index in [1.165, 1.54) is 32.1 Å². The van der Waals surface area contributed by atoms with Crippen LogP contribution in [0.15, 0.2) is 16.5 Å². The first-order valence-corrected chi connectivity index (χ1v) is 10.6. The van der Waals surface area contributed by atoms with E-state index in [0.717, 1.165) is 25.6 Å². The molecule has 2 aliphatic rings. The van der Waals surface area contributed by atoms with Crippen LogP contribution in [0, 0.1) is 5.92 Å². The van der Waals surface area contributed by atoms with E-state index in [4.69, 9.17) is 4.42 Å². The maximum Gasteiger partial charge on any atom is 0.289 e. The Balaban J connectivity index is 1.71. The first-order valence-electron chi connectivity index (χ1n) is 8.51. The van der Waals surface area contributed by atoms with Crippen LogP contribution >= 0.6 is 0 Å². The van der Waals surface area contributed by atoms with Crippen LogP contribution in [0.2, 0.25) is 0 Å². The maximum absolute atomic E-state index is 12.8. The molecule has 1 saturated heterocycles. The van der Waals surface area contributed by atoms with Crippen LogP contribution < -0.4 is 0 Å². The molecule has 0 aromatic carbocycles. The second-order valence-corrected chi connectivity index (χ2v) is 9.08. The molecule has 3 rings (SSSR count). The third-order valence-corrected chi connectivity index (χ3v) is 5.84. The van der Waals surface area contributed by atoms with E-state index < -0.39 is 9.84 Å². The molecular weight excluding hydrogens is 314 g/mol. The van der Waals surface area contributed by atoms with Gasteiger partial charge in [-0.15, -0.1) is 0 Å². The van der Waals surface area contributed by atoms with E-state index in [2.05, 4.69) is 0 Å². The molecule has 1 atom stereocenters. The Labute approximate surface area is 138 Å². The first kappa shape index (κ1) is 16.6. The summed E-state index contributed by atoms with van der Waals surface area (Å²) in [7, 11) is -3.16. The lowest BCUT2D eigenvalue weighted by Crippen LogP contribution is -2.40. The van der Waals surface area contributed by atoms with Gasteiger partial charge in [-0.25, -0.2) is 8.42 Å². The quantitative estimate of drug-likeness (QED) is 0.845. The van der Waals surface area contributed by atoms with Crippen molar-refractivity contribution in [2.75, 3.05) is 12.8 Å². The zero-order chi connectivity index (χ0) is 16.4. The number of likely N-dealkylation sites (tertiary alicyclic amines) is 1. The van der Waals surface area contributed by atoms with Crippen LogP contribution in [-0.4, -0.2) is 38.1 Å². The summed E-state index contributed by atoms with van der Waals surface area (Å²) in [4.78, 5) is 14.7. The highest BCUT2D eigenvalue weighted by Crippen LogP contribution is 2.35. The molecule has 1 saturated carbocycles. The Morgan fingerprint density at radius 2 is 1.91 bits per heavy atom. The van der Waals surface area contributed by atoms with Gasteiger partial charge in [0.2, 0.25) is 0 Å². The molecule has 1 amide bonds. The van der Waals surface area contributed by atoms with Crippen LogP contribution in [0.3, 0.4) is 0 Å². The fourth-order valence-corrected chi connectivity index (χ4v) is 4.70. The summed E-state index contributed by atoms with van der Waals surface area (Å²) >= 11 is 0. The van der Waals surface area contributed by atoms with Crippen molar-refractivity contribution in [1.82, 2.24) is 4.90 Å². The van der Waals surface area contributed by atoms with Crippen LogP contribution in [0.1, 0.15) is 61.3 Å². The molecular formula is C17H25NO4S. The summed E-state index contributed by atoms with van der Waals surface area (Å²) in [5.74, 6) is 0.973. The third kappa shape index (κ3) is 3.97. The molecule has 23 heavy (non-hydrogen) atoms. The summed E-state index contributed by atoms with van der Waals surface area (Å²) < 4.78 is 28.2. The van der Waals surface area contributed by atoms with Crippen molar-refractivity contribution in [3.05, 3.63) is 23.7 Å². The predicted molar refractivity (Wildman–Crippen MR) is 87.9 cm³/mol.